The molecule has 0 radical (unpaired) electrons. The molecule has 1 N–H and O–H groups in total. The summed E-state index contributed by atoms with van der Waals surface area (Å²) in [6.07, 6.45) is 0. The zero-order valence-corrected chi connectivity index (χ0v) is 14.0. The molecule has 4 heteroatoms. The fourth-order valence-corrected chi connectivity index (χ4v) is 3.02. The second-order valence-electron chi connectivity index (χ2n) is 6.37. The summed E-state index contributed by atoms with van der Waals surface area (Å²) in [7, 11) is 4.15. The summed E-state index contributed by atoms with van der Waals surface area (Å²) in [5.41, 5.74) is 2.58. The molecule has 2 rings (SSSR count). The number of benzene rings is 1. The first-order valence-corrected chi connectivity index (χ1v) is 7.66. The van der Waals surface area contributed by atoms with Gasteiger partial charge in [-0.25, -0.2) is 0 Å². The third kappa shape index (κ3) is 3.11. The summed E-state index contributed by atoms with van der Waals surface area (Å²) in [6, 6.07) is 6.72. The van der Waals surface area contributed by atoms with Crippen molar-refractivity contribution in [1.82, 2.24) is 10.2 Å². The van der Waals surface area contributed by atoms with Gasteiger partial charge in [0.1, 0.15) is 0 Å². The van der Waals surface area contributed by atoms with Crippen molar-refractivity contribution in [2.75, 3.05) is 38.6 Å². The number of nitrogens with zero attached hydrogens (tertiary/aromatic N) is 2. The van der Waals surface area contributed by atoms with Crippen LogP contribution in [-0.2, 0) is 0 Å². The Hall–Kier alpha value is -0.770. The quantitative estimate of drug-likeness (QED) is 0.924. The average molecular weight is 296 g/mol. The van der Waals surface area contributed by atoms with Crippen LogP contribution in [0.15, 0.2) is 18.2 Å². The van der Waals surface area contributed by atoms with Crippen LogP contribution < -0.4 is 10.2 Å². The van der Waals surface area contributed by atoms with Gasteiger partial charge in [0.25, 0.3) is 0 Å². The first kappa shape index (κ1) is 15.6. The third-order valence-electron chi connectivity index (χ3n) is 4.57. The number of piperazine rings is 1. The molecule has 1 atom stereocenters. The van der Waals surface area contributed by atoms with E-state index in [9.17, 15) is 0 Å². The van der Waals surface area contributed by atoms with Crippen LogP contribution in [0, 0.1) is 0 Å². The lowest BCUT2D eigenvalue weighted by Gasteiger charge is -2.46. The fourth-order valence-electron chi connectivity index (χ4n) is 2.68. The van der Waals surface area contributed by atoms with E-state index in [0.29, 0.717) is 0 Å². The zero-order chi connectivity index (χ0) is 14.9. The number of hydrogen-bond donors (Lipinski definition) is 1. The van der Waals surface area contributed by atoms with Gasteiger partial charge in [0.2, 0.25) is 0 Å². The second-order valence-corrected chi connectivity index (χ2v) is 6.78. The molecule has 1 aromatic carbocycles. The SMILES string of the molecule is CNC(C)c1ccc(N2CCN(C)C(C)(C)C2)cc1Cl. The molecule has 112 valence electrons. The van der Waals surface area contributed by atoms with Gasteiger partial charge in [-0.1, -0.05) is 17.7 Å². The van der Waals surface area contributed by atoms with Crippen molar-refractivity contribution in [2.45, 2.75) is 32.4 Å². The van der Waals surface area contributed by atoms with Gasteiger partial charge >= 0.3 is 0 Å². The van der Waals surface area contributed by atoms with Crippen LogP contribution in [0.25, 0.3) is 0 Å². The van der Waals surface area contributed by atoms with Gasteiger partial charge in [-0.2, -0.15) is 0 Å². The van der Waals surface area contributed by atoms with E-state index in [4.69, 9.17) is 11.6 Å². The molecule has 20 heavy (non-hydrogen) atoms. The van der Waals surface area contributed by atoms with Crippen LogP contribution in [0.4, 0.5) is 5.69 Å². The molecule has 0 amide bonds. The van der Waals surface area contributed by atoms with Crippen molar-refractivity contribution in [3.63, 3.8) is 0 Å². The van der Waals surface area contributed by atoms with Crippen molar-refractivity contribution in [3.05, 3.63) is 28.8 Å². The lowest BCUT2D eigenvalue weighted by atomic mass is 9.99. The maximum atomic E-state index is 6.44. The predicted molar refractivity (Wildman–Crippen MR) is 87.8 cm³/mol. The summed E-state index contributed by atoms with van der Waals surface area (Å²) in [5, 5.41) is 4.08. The number of anilines is 1. The molecule has 3 nitrogen and oxygen atoms in total. The number of halogens is 1. The molecule has 0 aliphatic carbocycles. The zero-order valence-electron chi connectivity index (χ0n) is 13.2. The van der Waals surface area contributed by atoms with Crippen LogP contribution in [0.2, 0.25) is 5.02 Å². The Kier molecular flexibility index (Phi) is 4.62. The molecule has 0 saturated carbocycles. The Morgan fingerprint density at radius 2 is 2.00 bits per heavy atom. The number of hydrogen-bond acceptors (Lipinski definition) is 3. The molecule has 1 aliphatic heterocycles. The molecular formula is C16H26ClN3. The van der Waals surface area contributed by atoms with Gasteiger partial charge in [0.15, 0.2) is 0 Å². The second kappa shape index (κ2) is 5.92. The van der Waals surface area contributed by atoms with Gasteiger partial charge in [-0.05, 0) is 52.6 Å². The Morgan fingerprint density at radius 3 is 2.55 bits per heavy atom. The molecule has 1 fully saturated rings. The first-order valence-electron chi connectivity index (χ1n) is 7.28. The van der Waals surface area contributed by atoms with Gasteiger partial charge < -0.3 is 10.2 Å². The maximum Gasteiger partial charge on any atom is 0.0474 e. The van der Waals surface area contributed by atoms with Gasteiger partial charge in [0.05, 0.1) is 0 Å². The predicted octanol–water partition coefficient (Wildman–Crippen LogP) is 3.15. The van der Waals surface area contributed by atoms with E-state index < -0.39 is 0 Å². The largest absolute Gasteiger partial charge is 0.368 e. The fraction of sp³-hybridized carbons (Fsp3) is 0.625. The molecule has 1 saturated heterocycles. The van der Waals surface area contributed by atoms with Crippen LogP contribution >= 0.6 is 11.6 Å². The van der Waals surface area contributed by atoms with E-state index >= 15 is 0 Å². The van der Waals surface area contributed by atoms with Crippen LogP contribution in [0.3, 0.4) is 0 Å². The van der Waals surface area contributed by atoms with E-state index in [1.165, 1.54) is 5.69 Å². The molecule has 0 aromatic heterocycles. The summed E-state index contributed by atoms with van der Waals surface area (Å²) in [4.78, 5) is 4.85. The Balaban J connectivity index is 2.20. The Morgan fingerprint density at radius 1 is 1.30 bits per heavy atom. The van der Waals surface area contributed by atoms with Gasteiger partial charge in [-0.3, -0.25) is 4.90 Å². The van der Waals surface area contributed by atoms with Crippen molar-refractivity contribution in [1.29, 1.82) is 0 Å². The van der Waals surface area contributed by atoms with E-state index in [1.54, 1.807) is 0 Å². The number of rotatable bonds is 3. The molecule has 1 aromatic rings. The minimum absolute atomic E-state index is 0.196. The highest BCUT2D eigenvalue weighted by molar-refractivity contribution is 6.31. The van der Waals surface area contributed by atoms with E-state index in [1.807, 2.05) is 7.05 Å². The molecular weight excluding hydrogens is 270 g/mol. The summed E-state index contributed by atoms with van der Waals surface area (Å²) in [5.74, 6) is 0. The smallest absolute Gasteiger partial charge is 0.0474 e. The van der Waals surface area contributed by atoms with Crippen molar-refractivity contribution in [3.8, 4) is 0 Å². The highest BCUT2D eigenvalue weighted by Crippen LogP contribution is 2.30. The Bertz CT molecular complexity index is 473. The summed E-state index contributed by atoms with van der Waals surface area (Å²) < 4.78 is 0. The van der Waals surface area contributed by atoms with Crippen LogP contribution in [0.5, 0.6) is 0 Å². The lowest BCUT2D eigenvalue weighted by Crippen LogP contribution is -2.57. The number of nitrogens with one attached hydrogen (secondary N) is 1. The third-order valence-corrected chi connectivity index (χ3v) is 4.89. The van der Waals surface area contributed by atoms with Crippen molar-refractivity contribution < 1.29 is 0 Å². The van der Waals surface area contributed by atoms with Gasteiger partial charge in [-0.15, -0.1) is 0 Å². The molecule has 1 aliphatic rings. The molecule has 1 heterocycles. The van der Waals surface area contributed by atoms with E-state index in [-0.39, 0.29) is 11.6 Å². The number of likely N-dealkylation sites (N-methyl/N-ethyl adjacent to an activating group) is 1. The van der Waals surface area contributed by atoms with Gasteiger partial charge in [0, 0.05) is 41.9 Å². The van der Waals surface area contributed by atoms with Crippen LogP contribution in [-0.4, -0.2) is 44.2 Å². The molecule has 1 unspecified atom stereocenters. The summed E-state index contributed by atoms with van der Waals surface area (Å²) in [6.45, 7) is 9.87. The average Bonchev–Trinajstić information content (AvgIpc) is 2.41. The first-order chi connectivity index (χ1) is 9.35. The maximum absolute atomic E-state index is 6.44. The highest BCUT2D eigenvalue weighted by atomic mass is 35.5. The normalized spacial score (nSPS) is 21.0. The Labute approximate surface area is 127 Å². The minimum atomic E-state index is 0.196. The standard InChI is InChI=1S/C16H26ClN3/c1-12(18-4)14-7-6-13(10-15(14)17)20-9-8-19(5)16(2,3)11-20/h6-7,10,12,18H,8-9,11H2,1-5H3. The van der Waals surface area contributed by atoms with Crippen molar-refractivity contribution in [2.24, 2.45) is 0 Å². The monoisotopic (exact) mass is 295 g/mol. The molecule has 0 spiro atoms. The van der Waals surface area contributed by atoms with Crippen LogP contribution in [0.1, 0.15) is 32.4 Å². The lowest BCUT2D eigenvalue weighted by molar-refractivity contribution is 0.139. The highest BCUT2D eigenvalue weighted by Gasteiger charge is 2.31. The van der Waals surface area contributed by atoms with E-state index in [0.717, 1.165) is 30.2 Å². The molecule has 0 bridgehead atoms. The summed E-state index contributed by atoms with van der Waals surface area (Å²) >= 11 is 6.44. The van der Waals surface area contributed by atoms with E-state index in [2.05, 4.69) is 61.1 Å². The van der Waals surface area contributed by atoms with Crippen molar-refractivity contribution >= 4 is 17.3 Å². The minimum Gasteiger partial charge on any atom is -0.368 e. The topological polar surface area (TPSA) is 18.5 Å².